The largest absolute Gasteiger partial charge is 0.494 e. The smallest absolute Gasteiger partial charge is 0.119 e. The summed E-state index contributed by atoms with van der Waals surface area (Å²) in [5, 5.41) is 0.282. The summed E-state index contributed by atoms with van der Waals surface area (Å²) in [5.74, 6) is 2.27. The fraction of sp³-hybridized carbons (Fsp3) is 0.667. The van der Waals surface area contributed by atoms with E-state index in [9.17, 15) is 0 Å². The maximum absolute atomic E-state index is 6.68. The molecule has 2 heteroatoms. The Morgan fingerprint density at radius 3 is 2.70 bits per heavy atom. The molecule has 0 radical (unpaired) electrons. The summed E-state index contributed by atoms with van der Waals surface area (Å²) in [6.45, 7) is 9.70. The summed E-state index contributed by atoms with van der Waals surface area (Å²) in [5.41, 5.74) is 1.44. The predicted molar refractivity (Wildman–Crippen MR) is 86.8 cm³/mol. The summed E-state index contributed by atoms with van der Waals surface area (Å²) >= 11 is 6.68. The van der Waals surface area contributed by atoms with Crippen LogP contribution >= 0.6 is 11.6 Å². The van der Waals surface area contributed by atoms with E-state index in [4.69, 9.17) is 16.3 Å². The van der Waals surface area contributed by atoms with Crippen LogP contribution in [0.2, 0.25) is 0 Å². The van der Waals surface area contributed by atoms with Gasteiger partial charge >= 0.3 is 0 Å². The first-order chi connectivity index (χ1) is 9.45. The molecule has 1 aromatic rings. The maximum atomic E-state index is 6.68. The number of alkyl halides is 1. The highest BCUT2D eigenvalue weighted by Crippen LogP contribution is 2.44. The zero-order valence-corrected chi connectivity index (χ0v) is 13.9. The molecule has 0 N–H and O–H groups in total. The number of ether oxygens (including phenoxy) is 1. The van der Waals surface area contributed by atoms with Gasteiger partial charge in [0.25, 0.3) is 0 Å². The molecule has 0 saturated heterocycles. The highest BCUT2D eigenvalue weighted by molar-refractivity contribution is 6.20. The molecule has 1 saturated carbocycles. The number of halogens is 1. The van der Waals surface area contributed by atoms with E-state index in [1.54, 1.807) is 0 Å². The second kappa shape index (κ2) is 6.39. The predicted octanol–water partition coefficient (Wildman–Crippen LogP) is 5.41. The van der Waals surface area contributed by atoms with Gasteiger partial charge in [-0.3, -0.25) is 0 Å². The van der Waals surface area contributed by atoms with Gasteiger partial charge in [-0.05, 0) is 54.7 Å². The molecule has 20 heavy (non-hydrogen) atoms. The molecule has 1 aliphatic carbocycles. The molecule has 2 rings (SSSR count). The van der Waals surface area contributed by atoms with Gasteiger partial charge in [0, 0.05) is 5.38 Å². The molecular weight excluding hydrogens is 268 g/mol. The average Bonchev–Trinajstić information content (AvgIpc) is 2.39. The Kier molecular flexibility index (Phi) is 5.01. The third kappa shape index (κ3) is 3.31. The van der Waals surface area contributed by atoms with Crippen molar-refractivity contribution in [2.24, 2.45) is 11.8 Å². The van der Waals surface area contributed by atoms with Gasteiger partial charge < -0.3 is 4.74 Å². The molecule has 0 aliphatic heterocycles. The van der Waals surface area contributed by atoms with Crippen LogP contribution in [-0.2, 0) is 5.41 Å². The van der Waals surface area contributed by atoms with E-state index in [2.05, 4.69) is 39.0 Å². The molecule has 0 spiro atoms. The molecule has 112 valence electrons. The van der Waals surface area contributed by atoms with Crippen LogP contribution in [0.3, 0.4) is 0 Å². The lowest BCUT2D eigenvalue weighted by atomic mass is 9.65. The van der Waals surface area contributed by atoms with Gasteiger partial charge in [-0.15, -0.1) is 11.6 Å². The van der Waals surface area contributed by atoms with Crippen LogP contribution in [0, 0.1) is 11.8 Å². The van der Waals surface area contributed by atoms with Gasteiger partial charge in [-0.25, -0.2) is 0 Å². The molecule has 0 heterocycles. The van der Waals surface area contributed by atoms with E-state index >= 15 is 0 Å². The third-order valence-corrected chi connectivity index (χ3v) is 5.33. The average molecular weight is 295 g/mol. The van der Waals surface area contributed by atoms with Crippen LogP contribution in [0.25, 0.3) is 0 Å². The number of rotatable bonds is 4. The van der Waals surface area contributed by atoms with E-state index in [1.807, 2.05) is 13.0 Å². The Balaban J connectivity index is 2.22. The van der Waals surface area contributed by atoms with Gasteiger partial charge in [0.15, 0.2) is 0 Å². The lowest BCUT2D eigenvalue weighted by Crippen LogP contribution is -2.38. The van der Waals surface area contributed by atoms with Gasteiger partial charge in [0.1, 0.15) is 5.75 Å². The highest BCUT2D eigenvalue weighted by Gasteiger charge is 2.39. The summed E-state index contributed by atoms with van der Waals surface area (Å²) in [7, 11) is 0. The molecule has 0 bridgehead atoms. The second-order valence-electron chi connectivity index (χ2n) is 6.72. The Morgan fingerprint density at radius 2 is 2.05 bits per heavy atom. The minimum absolute atomic E-state index is 0.0969. The lowest BCUT2D eigenvalue weighted by Gasteiger charge is -2.42. The van der Waals surface area contributed by atoms with Crippen LogP contribution < -0.4 is 4.74 Å². The lowest BCUT2D eigenvalue weighted by molar-refractivity contribution is 0.207. The molecule has 1 fully saturated rings. The molecule has 1 aliphatic rings. The van der Waals surface area contributed by atoms with Gasteiger partial charge in [0.2, 0.25) is 0 Å². The van der Waals surface area contributed by atoms with E-state index < -0.39 is 0 Å². The number of benzene rings is 1. The molecule has 1 nitrogen and oxygen atoms in total. The Morgan fingerprint density at radius 1 is 1.30 bits per heavy atom. The van der Waals surface area contributed by atoms with Crippen molar-refractivity contribution in [1.82, 2.24) is 0 Å². The van der Waals surface area contributed by atoms with Crippen molar-refractivity contribution in [2.75, 3.05) is 6.61 Å². The Labute approximate surface area is 128 Å². The third-order valence-electron chi connectivity index (χ3n) is 4.85. The van der Waals surface area contributed by atoms with Gasteiger partial charge in [-0.1, -0.05) is 39.3 Å². The molecule has 0 amide bonds. The van der Waals surface area contributed by atoms with E-state index in [1.165, 1.54) is 18.4 Å². The van der Waals surface area contributed by atoms with Crippen molar-refractivity contribution in [3.05, 3.63) is 29.8 Å². The molecule has 1 aromatic carbocycles. The van der Waals surface area contributed by atoms with Gasteiger partial charge in [-0.2, -0.15) is 0 Å². The van der Waals surface area contributed by atoms with Crippen molar-refractivity contribution >= 4 is 11.6 Å². The first-order valence-corrected chi connectivity index (χ1v) is 8.26. The first kappa shape index (κ1) is 15.7. The number of hydrogen-bond acceptors (Lipinski definition) is 1. The Hall–Kier alpha value is -0.690. The minimum atomic E-state index is 0.0969. The number of hydrogen-bond donors (Lipinski definition) is 0. The first-order valence-electron chi connectivity index (χ1n) is 7.82. The highest BCUT2D eigenvalue weighted by atomic mass is 35.5. The summed E-state index contributed by atoms with van der Waals surface area (Å²) < 4.78 is 5.64. The normalized spacial score (nSPS) is 27.4. The van der Waals surface area contributed by atoms with Crippen LogP contribution in [0.5, 0.6) is 5.75 Å². The summed E-state index contributed by atoms with van der Waals surface area (Å²) in [6, 6.07) is 8.52. The molecule has 3 atom stereocenters. The van der Waals surface area contributed by atoms with Crippen molar-refractivity contribution < 1.29 is 4.74 Å². The van der Waals surface area contributed by atoms with E-state index in [0.717, 1.165) is 18.1 Å². The molecule has 3 unspecified atom stereocenters. The Bertz CT molecular complexity index is 441. The van der Waals surface area contributed by atoms with Crippen LogP contribution in [0.4, 0.5) is 0 Å². The fourth-order valence-electron chi connectivity index (χ4n) is 3.49. The van der Waals surface area contributed by atoms with Gasteiger partial charge in [0.05, 0.1) is 6.61 Å². The van der Waals surface area contributed by atoms with E-state index in [0.29, 0.717) is 12.5 Å². The SMILES string of the molecule is CCOc1cccc(C(C)(C)C2CCC(C)CC2Cl)c1. The summed E-state index contributed by atoms with van der Waals surface area (Å²) in [4.78, 5) is 0. The van der Waals surface area contributed by atoms with Crippen molar-refractivity contribution in [1.29, 1.82) is 0 Å². The minimum Gasteiger partial charge on any atom is -0.494 e. The quantitative estimate of drug-likeness (QED) is 0.675. The zero-order chi connectivity index (χ0) is 14.8. The maximum Gasteiger partial charge on any atom is 0.119 e. The standard InChI is InChI=1S/C18H27ClO/c1-5-20-15-8-6-7-14(12-15)18(3,4)16-10-9-13(2)11-17(16)19/h6-8,12-13,16-17H,5,9-11H2,1-4H3. The second-order valence-corrected chi connectivity index (χ2v) is 7.28. The van der Waals surface area contributed by atoms with Crippen LogP contribution in [0.1, 0.15) is 52.5 Å². The van der Waals surface area contributed by atoms with Crippen molar-refractivity contribution in [2.45, 2.75) is 57.7 Å². The van der Waals surface area contributed by atoms with Crippen LogP contribution in [-0.4, -0.2) is 12.0 Å². The molecule has 0 aromatic heterocycles. The summed E-state index contributed by atoms with van der Waals surface area (Å²) in [6.07, 6.45) is 3.66. The van der Waals surface area contributed by atoms with Crippen LogP contribution in [0.15, 0.2) is 24.3 Å². The van der Waals surface area contributed by atoms with Crippen molar-refractivity contribution in [3.63, 3.8) is 0 Å². The van der Waals surface area contributed by atoms with E-state index in [-0.39, 0.29) is 10.8 Å². The zero-order valence-electron chi connectivity index (χ0n) is 13.2. The fourth-order valence-corrected chi connectivity index (χ4v) is 4.24. The molecular formula is C18H27ClO. The van der Waals surface area contributed by atoms with Crippen molar-refractivity contribution in [3.8, 4) is 5.75 Å². The monoisotopic (exact) mass is 294 g/mol. The topological polar surface area (TPSA) is 9.23 Å².